The first-order valence-corrected chi connectivity index (χ1v) is 13.0. The number of amides is 1. The van der Waals surface area contributed by atoms with Crippen molar-refractivity contribution in [3.05, 3.63) is 77.5 Å². The zero-order valence-electron chi connectivity index (χ0n) is 19.9. The van der Waals surface area contributed by atoms with Crippen molar-refractivity contribution in [2.24, 2.45) is 0 Å². The number of halogens is 2. The molecule has 1 N–H and O–H groups in total. The van der Waals surface area contributed by atoms with Crippen molar-refractivity contribution in [1.82, 2.24) is 20.3 Å². The molecule has 2 aliphatic rings. The maximum Gasteiger partial charge on any atom is 0.251 e. The van der Waals surface area contributed by atoms with Crippen molar-refractivity contribution >= 4 is 39.2 Å². The number of nitrogens with zero attached hydrogens (tertiary/aromatic N) is 4. The van der Waals surface area contributed by atoms with E-state index in [0.717, 1.165) is 11.5 Å². The highest BCUT2D eigenvalue weighted by atomic mass is 32.2. The first-order valence-electron chi connectivity index (χ1n) is 11.8. The number of pyridine rings is 3. The Bertz CT molecular complexity index is 1590. The lowest BCUT2D eigenvalue weighted by molar-refractivity contribution is 0.0942. The number of hydrogen-bond acceptors (Lipinski definition) is 8. The molecule has 0 saturated heterocycles. The Hall–Kier alpha value is -4.03. The number of hydrogen-bond donors (Lipinski definition) is 1. The summed E-state index contributed by atoms with van der Waals surface area (Å²) >= 11 is 0. The lowest BCUT2D eigenvalue weighted by Crippen LogP contribution is -2.30. The van der Waals surface area contributed by atoms with E-state index in [1.165, 1.54) is 6.07 Å². The Morgan fingerprint density at radius 1 is 1.21 bits per heavy atom. The monoisotopic (exact) mass is 537 g/mol. The summed E-state index contributed by atoms with van der Waals surface area (Å²) in [6, 6.07) is 11.5. The van der Waals surface area contributed by atoms with Crippen molar-refractivity contribution in [2.75, 3.05) is 24.7 Å². The molecule has 2 aliphatic heterocycles. The minimum atomic E-state index is -2.14. The first-order chi connectivity index (χ1) is 18.5. The van der Waals surface area contributed by atoms with Gasteiger partial charge >= 0.3 is 0 Å². The van der Waals surface area contributed by atoms with Crippen LogP contribution in [0, 0.1) is 5.82 Å². The third kappa shape index (κ3) is 4.56. The maximum atomic E-state index is 14.6. The van der Waals surface area contributed by atoms with Gasteiger partial charge in [0.15, 0.2) is 11.6 Å². The fourth-order valence-corrected chi connectivity index (χ4v) is 5.49. The molecule has 9 nitrogen and oxygen atoms in total. The molecule has 3 aromatic heterocycles. The van der Waals surface area contributed by atoms with Crippen LogP contribution < -0.4 is 15.0 Å². The van der Waals surface area contributed by atoms with Crippen molar-refractivity contribution in [3.8, 4) is 5.75 Å². The van der Waals surface area contributed by atoms with E-state index in [4.69, 9.17) is 14.5 Å². The topological polar surface area (TPSA) is 107 Å². The van der Waals surface area contributed by atoms with Gasteiger partial charge in [-0.05, 0) is 42.5 Å². The van der Waals surface area contributed by atoms with Crippen molar-refractivity contribution < 1.29 is 27.3 Å². The number of ether oxygens (including phenoxy) is 2. The van der Waals surface area contributed by atoms with Gasteiger partial charge in [-0.1, -0.05) is 0 Å². The highest BCUT2D eigenvalue weighted by Gasteiger charge is 2.28. The van der Waals surface area contributed by atoms with Gasteiger partial charge in [-0.25, -0.2) is 18.7 Å². The third-order valence-corrected chi connectivity index (χ3v) is 7.66. The minimum Gasteiger partial charge on any atom is -0.488 e. The van der Waals surface area contributed by atoms with E-state index in [-0.39, 0.29) is 29.2 Å². The average molecular weight is 538 g/mol. The number of aromatic nitrogens is 3. The largest absolute Gasteiger partial charge is 0.488 e. The van der Waals surface area contributed by atoms with Crippen LogP contribution in [0.2, 0.25) is 0 Å². The van der Waals surface area contributed by atoms with Gasteiger partial charge in [0.25, 0.3) is 5.91 Å². The summed E-state index contributed by atoms with van der Waals surface area (Å²) in [5, 5.41) is 3.51. The molecule has 1 amide bonds. The molecule has 0 aliphatic carbocycles. The molecule has 4 aromatic rings. The van der Waals surface area contributed by atoms with Gasteiger partial charge in [0.05, 0.1) is 53.2 Å². The molecule has 0 radical (unpaired) electrons. The highest BCUT2D eigenvalue weighted by Crippen LogP contribution is 2.34. The number of alkyl halides is 1. The molecule has 0 bridgehead atoms. The van der Waals surface area contributed by atoms with Gasteiger partial charge in [-0.2, -0.15) is 0 Å². The lowest BCUT2D eigenvalue weighted by atomic mass is 10.1. The predicted molar refractivity (Wildman–Crippen MR) is 135 cm³/mol. The second-order valence-corrected chi connectivity index (χ2v) is 10.2. The zero-order chi connectivity index (χ0) is 26.2. The Balaban J connectivity index is 1.22. The summed E-state index contributed by atoms with van der Waals surface area (Å²) in [5.41, 5.74) is -0.660. The minimum absolute atomic E-state index is 0.00352. The number of nitrogens with one attached hydrogen (secondary N) is 1. The van der Waals surface area contributed by atoms with Crippen LogP contribution in [0.5, 0.6) is 5.75 Å². The van der Waals surface area contributed by atoms with E-state index >= 15 is 0 Å². The normalized spacial score (nSPS) is 18.7. The van der Waals surface area contributed by atoms with Crippen LogP contribution in [-0.4, -0.2) is 50.3 Å². The molecule has 194 valence electrons. The number of carbonyl (C=O) groups excluding carboxylic acids is 1. The second-order valence-electron chi connectivity index (χ2n) is 8.70. The fraction of sp³-hybridized carbons (Fsp3) is 0.231. The summed E-state index contributed by atoms with van der Waals surface area (Å²) < 4.78 is 51.8. The molecule has 0 spiro atoms. The quantitative estimate of drug-likeness (QED) is 0.421. The molecule has 38 heavy (non-hydrogen) atoms. The van der Waals surface area contributed by atoms with Crippen molar-refractivity contribution in [2.45, 2.75) is 23.6 Å². The zero-order valence-corrected chi connectivity index (χ0v) is 20.7. The molecule has 2 unspecified atom stereocenters. The van der Waals surface area contributed by atoms with E-state index in [0.29, 0.717) is 41.7 Å². The van der Waals surface area contributed by atoms with E-state index in [9.17, 15) is 17.8 Å². The molecule has 2 atom stereocenters. The van der Waals surface area contributed by atoms with Crippen molar-refractivity contribution in [1.29, 1.82) is 0 Å². The summed E-state index contributed by atoms with van der Waals surface area (Å²) in [6.45, 7) is 0.520. The number of anilines is 2. The number of fused-ring (bicyclic) bond motifs is 3. The van der Waals surface area contributed by atoms with Crippen LogP contribution >= 0.6 is 0 Å². The smallest absolute Gasteiger partial charge is 0.251 e. The Morgan fingerprint density at radius 2 is 2.11 bits per heavy atom. The van der Waals surface area contributed by atoms with Gasteiger partial charge in [0.2, 0.25) is 5.50 Å². The van der Waals surface area contributed by atoms with Crippen LogP contribution in [0.25, 0.3) is 10.9 Å². The predicted octanol–water partition coefficient (Wildman–Crippen LogP) is 3.56. The number of rotatable bonds is 4. The summed E-state index contributed by atoms with van der Waals surface area (Å²) in [6.07, 6.45) is 3.36. The van der Waals surface area contributed by atoms with E-state index < -0.39 is 34.6 Å². The van der Waals surface area contributed by atoms with Crippen LogP contribution in [0.15, 0.2) is 59.8 Å². The van der Waals surface area contributed by atoms with Gasteiger partial charge in [0, 0.05) is 28.9 Å². The van der Waals surface area contributed by atoms with Gasteiger partial charge in [-0.15, -0.1) is 0 Å². The Labute approximate surface area is 218 Å². The standard InChI is InChI=1S/C26H21F2N5O4S/c27-19-8-16(9-22-18(19)13-36-14-23(28)38(22)35)26(34)31-12-17-10-20-15(11-30-17)3-4-24(32-20)33-6-7-37-21-2-1-5-29-25(21)33/h1-5,8-11,23H,6-7,12-14H2,(H,31,34). The molecule has 12 heteroatoms. The van der Waals surface area contributed by atoms with E-state index in [1.807, 2.05) is 29.2 Å². The average Bonchev–Trinajstić information content (AvgIpc) is 3.09. The highest BCUT2D eigenvalue weighted by molar-refractivity contribution is 7.85. The fourth-order valence-electron chi connectivity index (χ4n) is 4.36. The lowest BCUT2D eigenvalue weighted by Gasteiger charge is -2.29. The van der Waals surface area contributed by atoms with Crippen LogP contribution in [0.1, 0.15) is 21.6 Å². The summed E-state index contributed by atoms with van der Waals surface area (Å²) in [4.78, 5) is 28.3. The van der Waals surface area contributed by atoms with Crippen molar-refractivity contribution in [3.63, 3.8) is 0 Å². The SMILES string of the molecule is O=C(NCc1cc2nc(N3CCOc4cccnc43)ccc2cn1)c1cc(F)c2c(c1)S(=O)C(F)COC2. The van der Waals surface area contributed by atoms with E-state index in [2.05, 4.69) is 15.3 Å². The molecular formula is C26H21F2N5O4S. The third-order valence-electron chi connectivity index (χ3n) is 6.26. The molecule has 5 heterocycles. The van der Waals surface area contributed by atoms with Crippen LogP contribution in [0.3, 0.4) is 0 Å². The Kier molecular flexibility index (Phi) is 6.42. The van der Waals surface area contributed by atoms with E-state index in [1.54, 1.807) is 18.5 Å². The van der Waals surface area contributed by atoms with Crippen LogP contribution in [0.4, 0.5) is 20.4 Å². The molecule has 0 fully saturated rings. The maximum absolute atomic E-state index is 14.6. The first kappa shape index (κ1) is 24.3. The molecule has 1 aromatic carbocycles. The molecule has 6 rings (SSSR count). The second kappa shape index (κ2) is 10.0. The van der Waals surface area contributed by atoms with Gasteiger partial charge < -0.3 is 19.7 Å². The Morgan fingerprint density at radius 3 is 3.00 bits per heavy atom. The summed E-state index contributed by atoms with van der Waals surface area (Å²) in [5.74, 6) is 0.697. The number of carbonyl (C=O) groups is 1. The molecule has 0 saturated carbocycles. The molecular weight excluding hydrogens is 516 g/mol. The van der Waals surface area contributed by atoms with Gasteiger partial charge in [0.1, 0.15) is 18.2 Å². The van der Waals surface area contributed by atoms with Gasteiger partial charge in [-0.3, -0.25) is 14.0 Å². The van der Waals surface area contributed by atoms with Crippen LogP contribution in [-0.2, 0) is 28.7 Å². The number of benzene rings is 1. The summed E-state index contributed by atoms with van der Waals surface area (Å²) in [7, 11) is -2.14.